The molecule has 6 bridgehead atoms. The molecule has 6 aromatic rings. The van der Waals surface area contributed by atoms with E-state index < -0.39 is 0 Å². The number of anilines is 3. The van der Waals surface area contributed by atoms with Gasteiger partial charge >= 0.3 is 0 Å². The number of nitrogens with zero attached hydrogens (tertiary/aromatic N) is 1. The van der Waals surface area contributed by atoms with Crippen molar-refractivity contribution in [2.45, 2.75) is 68.6 Å². The van der Waals surface area contributed by atoms with E-state index in [1.807, 2.05) is 6.07 Å². The zero-order chi connectivity index (χ0) is 36.0. The second-order valence-electron chi connectivity index (χ2n) is 18.7. The lowest BCUT2D eigenvalue weighted by Crippen LogP contribution is -2.55. The van der Waals surface area contributed by atoms with Gasteiger partial charge in [-0.05, 0) is 191 Å². The average molecular weight is 716 g/mol. The molecule has 270 valence electrons. The maximum Gasteiger partial charge on any atom is 0.123 e. The van der Waals surface area contributed by atoms with Gasteiger partial charge in [0.25, 0.3) is 0 Å². The van der Waals surface area contributed by atoms with Crippen LogP contribution in [0.5, 0.6) is 0 Å². The Morgan fingerprint density at radius 1 is 0.436 bits per heavy atom. The van der Waals surface area contributed by atoms with E-state index in [0.29, 0.717) is 5.92 Å². The maximum absolute atomic E-state index is 14.4. The van der Waals surface area contributed by atoms with Crippen LogP contribution in [0.15, 0.2) is 133 Å². The summed E-state index contributed by atoms with van der Waals surface area (Å²) >= 11 is 0. The average Bonchev–Trinajstić information content (AvgIpc) is 3.97. The van der Waals surface area contributed by atoms with E-state index in [2.05, 4.69) is 114 Å². The Bertz CT molecular complexity index is 2540. The van der Waals surface area contributed by atoms with Crippen LogP contribution in [0.3, 0.4) is 0 Å². The van der Waals surface area contributed by atoms with Gasteiger partial charge in [-0.1, -0.05) is 91.3 Å². The molecule has 8 aliphatic rings. The number of rotatable bonds is 4. The molecule has 3 atom stereocenters. The Labute approximate surface area is 324 Å². The highest BCUT2D eigenvalue weighted by molar-refractivity contribution is 5.89. The van der Waals surface area contributed by atoms with Crippen molar-refractivity contribution in [2.24, 2.45) is 35.5 Å². The van der Waals surface area contributed by atoms with Crippen LogP contribution in [0.25, 0.3) is 33.4 Å². The van der Waals surface area contributed by atoms with Crippen LogP contribution < -0.4 is 4.90 Å². The number of hydrogen-bond acceptors (Lipinski definition) is 1. The second kappa shape index (κ2) is 11.1. The summed E-state index contributed by atoms with van der Waals surface area (Å²) in [5.74, 6) is 4.60. The van der Waals surface area contributed by atoms with Crippen LogP contribution in [-0.4, -0.2) is 0 Å². The molecule has 1 nitrogen and oxygen atoms in total. The lowest BCUT2D eigenvalue weighted by Gasteiger charge is -2.61. The molecule has 55 heavy (non-hydrogen) atoms. The molecule has 6 saturated carbocycles. The Hall–Kier alpha value is -4.95. The van der Waals surface area contributed by atoms with Gasteiger partial charge in [0.05, 0.1) is 0 Å². The summed E-state index contributed by atoms with van der Waals surface area (Å²) in [7, 11) is 0. The smallest absolute Gasteiger partial charge is 0.123 e. The number of fused-ring (bicyclic) bond motifs is 11. The lowest BCUT2D eigenvalue weighted by molar-refractivity contribution is -0.0399. The zero-order valence-corrected chi connectivity index (χ0v) is 31.4. The van der Waals surface area contributed by atoms with E-state index in [4.69, 9.17) is 0 Å². The monoisotopic (exact) mass is 715 g/mol. The molecular weight excluding hydrogens is 670 g/mol. The maximum atomic E-state index is 14.4. The van der Waals surface area contributed by atoms with Crippen LogP contribution in [-0.2, 0) is 10.8 Å². The molecule has 6 aromatic carbocycles. The molecule has 0 aromatic heterocycles. The highest BCUT2D eigenvalue weighted by Gasteiger charge is 2.62. The Morgan fingerprint density at radius 2 is 1.04 bits per heavy atom. The molecule has 0 aliphatic heterocycles. The summed E-state index contributed by atoms with van der Waals surface area (Å²) < 4.78 is 14.4. The predicted octanol–water partition coefficient (Wildman–Crippen LogP) is 13.8. The topological polar surface area (TPSA) is 3.24 Å². The van der Waals surface area contributed by atoms with E-state index in [1.165, 1.54) is 97.5 Å². The zero-order valence-electron chi connectivity index (χ0n) is 31.4. The van der Waals surface area contributed by atoms with Gasteiger partial charge in [-0.3, -0.25) is 0 Å². The van der Waals surface area contributed by atoms with Crippen molar-refractivity contribution in [3.05, 3.63) is 162 Å². The number of halogens is 1. The quantitative estimate of drug-likeness (QED) is 0.176. The Morgan fingerprint density at radius 3 is 1.71 bits per heavy atom. The fourth-order valence-corrected chi connectivity index (χ4v) is 14.7. The molecule has 3 unspecified atom stereocenters. The van der Waals surface area contributed by atoms with Crippen LogP contribution in [0.1, 0.15) is 80.0 Å². The van der Waals surface area contributed by atoms with E-state index in [0.717, 1.165) is 46.4 Å². The summed E-state index contributed by atoms with van der Waals surface area (Å²) in [6.07, 6.45) is 12.3. The van der Waals surface area contributed by atoms with Gasteiger partial charge in [0.15, 0.2) is 0 Å². The third-order valence-corrected chi connectivity index (χ3v) is 16.4. The van der Waals surface area contributed by atoms with Crippen molar-refractivity contribution in [1.82, 2.24) is 0 Å². The summed E-state index contributed by atoms with van der Waals surface area (Å²) in [4.78, 5) is 2.55. The van der Waals surface area contributed by atoms with Gasteiger partial charge < -0.3 is 4.90 Å². The van der Waals surface area contributed by atoms with Crippen LogP contribution >= 0.6 is 0 Å². The molecule has 0 heterocycles. The summed E-state index contributed by atoms with van der Waals surface area (Å²) in [6, 6.07) is 49.6. The van der Waals surface area contributed by atoms with E-state index in [9.17, 15) is 4.39 Å². The van der Waals surface area contributed by atoms with Crippen molar-refractivity contribution in [3.63, 3.8) is 0 Å². The van der Waals surface area contributed by atoms with Gasteiger partial charge in [-0.25, -0.2) is 4.39 Å². The normalized spacial score (nSPS) is 30.9. The first kappa shape index (κ1) is 31.3. The fourth-order valence-electron chi connectivity index (χ4n) is 14.7. The van der Waals surface area contributed by atoms with Crippen LogP contribution in [0.4, 0.5) is 21.5 Å². The van der Waals surface area contributed by atoms with Crippen molar-refractivity contribution >= 4 is 17.1 Å². The summed E-state index contributed by atoms with van der Waals surface area (Å²) in [5.41, 5.74) is 17.9. The van der Waals surface area contributed by atoms with E-state index in [1.54, 1.807) is 34.4 Å². The summed E-state index contributed by atoms with van der Waals surface area (Å²) in [5, 5.41) is 0. The standard InChI is InChI=1S/C53H46FN/c54-40-7-5-6-36(28-40)35-13-16-41(17-14-35)55(42-18-20-46-44-8-1-3-10-48(44)52(50(46)29-42)31-32-12-15-37(52)23-32)43-19-21-47-45-9-2-4-11-49(45)53(51(47)30-43)38-24-33-22-34(26-38)27-39(53)25-33/h1-11,13-14,16-21,28-30,32-34,37-39H,12,15,22-27,31H2. The molecule has 6 fully saturated rings. The van der Waals surface area contributed by atoms with Crippen LogP contribution in [0, 0.1) is 41.3 Å². The highest BCUT2D eigenvalue weighted by atomic mass is 19.1. The minimum atomic E-state index is -0.199. The first-order valence-electron chi connectivity index (χ1n) is 21.2. The first-order valence-corrected chi connectivity index (χ1v) is 21.2. The largest absolute Gasteiger partial charge is 0.310 e. The highest BCUT2D eigenvalue weighted by Crippen LogP contribution is 2.70. The first-order chi connectivity index (χ1) is 27.1. The second-order valence-corrected chi connectivity index (χ2v) is 18.7. The number of hydrogen-bond donors (Lipinski definition) is 0. The number of benzene rings is 6. The van der Waals surface area contributed by atoms with Crippen LogP contribution in [0.2, 0.25) is 0 Å². The predicted molar refractivity (Wildman–Crippen MR) is 221 cm³/mol. The molecule has 0 N–H and O–H groups in total. The molecule has 0 saturated heterocycles. The molecule has 2 heteroatoms. The molecular formula is C53H46FN. The van der Waals surface area contributed by atoms with E-state index in [-0.39, 0.29) is 16.6 Å². The summed E-state index contributed by atoms with van der Waals surface area (Å²) in [6.45, 7) is 0. The molecule has 0 radical (unpaired) electrons. The molecule has 2 spiro atoms. The fraction of sp³-hybridized carbons (Fsp3) is 0.321. The Balaban J connectivity index is 1.01. The third kappa shape index (κ3) is 4.08. The molecule has 0 amide bonds. The molecule has 8 aliphatic carbocycles. The van der Waals surface area contributed by atoms with Crippen molar-refractivity contribution in [1.29, 1.82) is 0 Å². The van der Waals surface area contributed by atoms with Gasteiger partial charge in [-0.2, -0.15) is 0 Å². The lowest BCUT2D eigenvalue weighted by atomic mass is 9.43. The van der Waals surface area contributed by atoms with Crippen molar-refractivity contribution in [3.8, 4) is 33.4 Å². The SMILES string of the molecule is Fc1cccc(-c2ccc(N(c3ccc4c(c3)C3(CC5CCC3C5)c3ccccc3-4)c3ccc4c(c3)C3(c5ccccc5-4)C4CC5CC(C4)CC3C5)cc2)c1. The Kier molecular flexibility index (Phi) is 6.31. The van der Waals surface area contributed by atoms with Crippen molar-refractivity contribution in [2.75, 3.05) is 4.90 Å². The van der Waals surface area contributed by atoms with E-state index >= 15 is 0 Å². The van der Waals surface area contributed by atoms with Gasteiger partial charge in [0.1, 0.15) is 5.82 Å². The van der Waals surface area contributed by atoms with Gasteiger partial charge in [-0.15, -0.1) is 0 Å². The minimum Gasteiger partial charge on any atom is -0.310 e. The van der Waals surface area contributed by atoms with Gasteiger partial charge in [0, 0.05) is 27.9 Å². The van der Waals surface area contributed by atoms with Gasteiger partial charge in [0.2, 0.25) is 0 Å². The minimum absolute atomic E-state index is 0.106. The molecule has 14 rings (SSSR count). The third-order valence-electron chi connectivity index (χ3n) is 16.4. The van der Waals surface area contributed by atoms with Crippen molar-refractivity contribution < 1.29 is 4.39 Å².